The first-order valence-electron chi connectivity index (χ1n) is 23.6. The zero-order valence-electron chi connectivity index (χ0n) is 38.5. The number of hydrogen-bond donors (Lipinski definition) is 9. The molecule has 4 saturated carbocycles. The molecule has 3 heterocycles. The molecule has 0 amide bonds. The molecule has 9 N–H and O–H groups in total. The van der Waals surface area contributed by atoms with E-state index in [0.717, 1.165) is 44.9 Å². The van der Waals surface area contributed by atoms with E-state index in [2.05, 4.69) is 54.5 Å². The number of aliphatic hydroxyl groups excluding tert-OH is 8. The Morgan fingerprint density at radius 3 is 2.00 bits per heavy atom. The molecule has 64 heavy (non-hydrogen) atoms. The molecule has 0 spiro atoms. The molecule has 364 valence electrons. The molecular formula is C47H74O17. The standard InChI is InChI=1S/C47H74O17/c1-21-28(49)30(51)33(54)38(60-21)63-36-29(50)24(48)20-59-40(36)64-41(58)47-17-15-42(2,3)19-23(47)22-9-10-26-44(6)13-12-27(61-39-34(55)31(52)32(53)35(62-39)37(56)57)43(4,5)25(44)11-14-46(26,8)45(22,7)16-18-47/h9,21,23-36,38-40,48-55H,10-20H2,1-8H3,(H,56,57)/t21-,23-,24-,25-,26+,27-,28-,29+,30+,31-,32-,33+,34+,35-,36-,38-,39+,40-,44-,45+,46+,47-/m0/s1. The molecule has 22 atom stereocenters. The molecule has 3 aliphatic heterocycles. The van der Waals surface area contributed by atoms with Gasteiger partial charge in [0.15, 0.2) is 24.8 Å². The van der Waals surface area contributed by atoms with Gasteiger partial charge in [-0.2, -0.15) is 0 Å². The van der Waals surface area contributed by atoms with E-state index in [9.17, 15) is 50.8 Å². The first-order chi connectivity index (χ1) is 29.7. The van der Waals surface area contributed by atoms with Gasteiger partial charge in [0.1, 0.15) is 48.8 Å². The highest BCUT2D eigenvalue weighted by Gasteiger charge is 2.70. The summed E-state index contributed by atoms with van der Waals surface area (Å²) < 4.78 is 35.7. The summed E-state index contributed by atoms with van der Waals surface area (Å²) in [7, 11) is 0. The van der Waals surface area contributed by atoms with E-state index >= 15 is 4.79 Å². The number of carboxylic acid groups (broad SMARTS) is 1. The van der Waals surface area contributed by atoms with Gasteiger partial charge in [0.2, 0.25) is 6.29 Å². The van der Waals surface area contributed by atoms with Gasteiger partial charge in [-0.1, -0.05) is 60.1 Å². The number of aliphatic carboxylic acids is 1. The third-order valence-electron chi connectivity index (χ3n) is 18.8. The average molecular weight is 911 g/mol. The Morgan fingerprint density at radius 2 is 1.33 bits per heavy atom. The molecule has 8 rings (SSSR count). The van der Waals surface area contributed by atoms with E-state index in [1.54, 1.807) is 0 Å². The number of esters is 1. The molecule has 17 nitrogen and oxygen atoms in total. The second kappa shape index (κ2) is 16.7. The molecule has 0 aromatic heterocycles. The predicted octanol–water partition coefficient (Wildman–Crippen LogP) is 1.90. The van der Waals surface area contributed by atoms with Crippen molar-refractivity contribution in [1.29, 1.82) is 0 Å². The minimum atomic E-state index is -1.80. The van der Waals surface area contributed by atoms with E-state index in [-0.39, 0.29) is 46.0 Å². The highest BCUT2D eigenvalue weighted by molar-refractivity contribution is 5.79. The number of hydrogen-bond acceptors (Lipinski definition) is 16. The first-order valence-corrected chi connectivity index (χ1v) is 23.6. The summed E-state index contributed by atoms with van der Waals surface area (Å²) in [6.45, 7) is 17.2. The van der Waals surface area contributed by atoms with E-state index in [1.165, 1.54) is 12.5 Å². The summed E-state index contributed by atoms with van der Waals surface area (Å²) in [4.78, 5) is 26.9. The third-order valence-corrected chi connectivity index (χ3v) is 18.8. The minimum absolute atomic E-state index is 0.0740. The molecule has 0 unspecified atom stereocenters. The fourth-order valence-corrected chi connectivity index (χ4v) is 14.7. The topological polar surface area (TPSA) is 272 Å². The second-order valence-electron chi connectivity index (χ2n) is 23.0. The highest BCUT2D eigenvalue weighted by atomic mass is 16.8. The highest BCUT2D eigenvalue weighted by Crippen LogP contribution is 2.76. The molecule has 3 saturated heterocycles. The number of carboxylic acids is 1. The minimum Gasteiger partial charge on any atom is -0.479 e. The summed E-state index contributed by atoms with van der Waals surface area (Å²) in [5, 5.41) is 94.5. The smallest absolute Gasteiger partial charge is 0.335 e. The molecule has 0 aromatic carbocycles. The van der Waals surface area contributed by atoms with Gasteiger partial charge < -0.3 is 74.4 Å². The molecule has 8 aliphatic rings. The SMILES string of the molecule is C[C@@H]1O[C@@H](O[C@@H]2[C@H](OC(=O)[C@]34CCC(C)(C)C[C@H]3C3=CC[C@@H]5[C@@]6(C)CC[C@H](O[C@@H]7O[C@H](C(=O)O)[C@@H](O)[C@H](O)[C@H]7O)C(C)(C)[C@@H]6CC[C@@]5(C)[C@]3(C)CC4)OC[C@H](O)[C@H]2O)[C@H](O)[C@H](O)[C@H]1O. The van der Waals surface area contributed by atoms with E-state index < -0.39 is 115 Å². The van der Waals surface area contributed by atoms with E-state index in [4.69, 9.17) is 28.4 Å². The number of rotatable bonds is 7. The fourth-order valence-electron chi connectivity index (χ4n) is 14.7. The van der Waals surface area contributed by atoms with Crippen molar-refractivity contribution < 1.29 is 84.0 Å². The predicted molar refractivity (Wildman–Crippen MR) is 223 cm³/mol. The zero-order chi connectivity index (χ0) is 46.9. The number of allylic oxidation sites excluding steroid dienone is 2. The Labute approximate surface area is 375 Å². The van der Waals surface area contributed by atoms with E-state index in [1.807, 2.05) is 0 Å². The lowest BCUT2D eigenvalue weighted by molar-refractivity contribution is -0.350. The van der Waals surface area contributed by atoms with Crippen LogP contribution in [0.3, 0.4) is 0 Å². The lowest BCUT2D eigenvalue weighted by Crippen LogP contribution is -2.66. The van der Waals surface area contributed by atoms with E-state index in [0.29, 0.717) is 19.3 Å². The molecule has 7 fully saturated rings. The van der Waals surface area contributed by atoms with Crippen LogP contribution in [0.25, 0.3) is 0 Å². The monoisotopic (exact) mass is 910 g/mol. The van der Waals surface area contributed by atoms with Gasteiger partial charge in [-0.3, -0.25) is 4.79 Å². The fraction of sp³-hybridized carbons (Fsp3) is 0.915. The lowest BCUT2D eigenvalue weighted by Gasteiger charge is -2.71. The Morgan fingerprint density at radius 1 is 0.688 bits per heavy atom. The van der Waals surface area contributed by atoms with Crippen LogP contribution in [-0.2, 0) is 38.0 Å². The number of carbonyl (C=O) groups excluding carboxylic acids is 1. The largest absolute Gasteiger partial charge is 0.479 e. The molecule has 17 heteroatoms. The van der Waals surface area contributed by atoms with Gasteiger partial charge >= 0.3 is 11.9 Å². The first kappa shape index (κ1) is 48.6. The Bertz CT molecular complexity index is 1810. The Balaban J connectivity index is 1.05. The van der Waals surface area contributed by atoms with Crippen molar-refractivity contribution in [2.75, 3.05) is 6.61 Å². The summed E-state index contributed by atoms with van der Waals surface area (Å²) >= 11 is 0. The maximum absolute atomic E-state index is 15.0. The summed E-state index contributed by atoms with van der Waals surface area (Å²) in [5.74, 6) is -1.63. The van der Waals surface area contributed by atoms with Crippen LogP contribution >= 0.6 is 0 Å². The molecule has 0 aromatic rings. The summed E-state index contributed by atoms with van der Waals surface area (Å²) in [6, 6.07) is 0. The van der Waals surface area contributed by atoms with Crippen LogP contribution in [0, 0.1) is 50.2 Å². The Hall–Kier alpha value is -1.84. The van der Waals surface area contributed by atoms with Crippen molar-refractivity contribution in [3.63, 3.8) is 0 Å². The van der Waals surface area contributed by atoms with Crippen LogP contribution < -0.4 is 0 Å². The van der Waals surface area contributed by atoms with Gasteiger partial charge in [-0.25, -0.2) is 4.79 Å². The van der Waals surface area contributed by atoms with Crippen molar-refractivity contribution in [3.05, 3.63) is 11.6 Å². The van der Waals surface area contributed by atoms with Crippen LogP contribution in [0.2, 0.25) is 0 Å². The number of ether oxygens (including phenoxy) is 6. The average Bonchev–Trinajstić information content (AvgIpc) is 3.22. The van der Waals surface area contributed by atoms with Crippen molar-refractivity contribution in [2.24, 2.45) is 50.2 Å². The van der Waals surface area contributed by atoms with Crippen molar-refractivity contribution in [3.8, 4) is 0 Å². The molecule has 5 aliphatic carbocycles. The van der Waals surface area contributed by atoms with Gasteiger partial charge in [0.05, 0.1) is 24.2 Å². The third kappa shape index (κ3) is 7.45. The normalized spacial score (nSPS) is 53.3. The van der Waals surface area contributed by atoms with Gasteiger partial charge in [-0.05, 0) is 116 Å². The van der Waals surface area contributed by atoms with Crippen LogP contribution in [0.4, 0.5) is 0 Å². The van der Waals surface area contributed by atoms with Crippen LogP contribution in [0.15, 0.2) is 11.6 Å². The second-order valence-corrected chi connectivity index (χ2v) is 23.0. The molecular weight excluding hydrogens is 836 g/mol. The maximum atomic E-state index is 15.0. The van der Waals surface area contributed by atoms with Crippen LogP contribution in [0.5, 0.6) is 0 Å². The van der Waals surface area contributed by atoms with Crippen molar-refractivity contribution in [1.82, 2.24) is 0 Å². The van der Waals surface area contributed by atoms with Crippen LogP contribution in [-0.4, -0.2) is 157 Å². The van der Waals surface area contributed by atoms with Gasteiger partial charge in [-0.15, -0.1) is 0 Å². The Kier molecular flexibility index (Phi) is 12.7. The molecule has 0 bridgehead atoms. The maximum Gasteiger partial charge on any atom is 0.335 e. The zero-order valence-corrected chi connectivity index (χ0v) is 38.5. The van der Waals surface area contributed by atoms with Crippen molar-refractivity contribution in [2.45, 2.75) is 212 Å². The summed E-state index contributed by atoms with van der Waals surface area (Å²) in [5.41, 5.74) is -0.692. The summed E-state index contributed by atoms with van der Waals surface area (Å²) in [6.07, 6.45) is -12.0. The van der Waals surface area contributed by atoms with Crippen molar-refractivity contribution >= 4 is 11.9 Å². The van der Waals surface area contributed by atoms with Crippen LogP contribution in [0.1, 0.15) is 120 Å². The van der Waals surface area contributed by atoms with Gasteiger partial charge in [0.25, 0.3) is 0 Å². The quantitative estimate of drug-likeness (QED) is 0.100. The number of fused-ring (bicyclic) bond motifs is 7. The lowest BCUT2D eigenvalue weighted by atomic mass is 9.33. The number of carbonyl (C=O) groups is 2. The molecule has 0 radical (unpaired) electrons. The number of aliphatic hydroxyl groups is 8. The van der Waals surface area contributed by atoms with Gasteiger partial charge in [0, 0.05) is 0 Å².